The molecule has 1 heterocycles. The van der Waals surface area contributed by atoms with Crippen molar-refractivity contribution in [2.24, 2.45) is 0 Å². The van der Waals surface area contributed by atoms with Gasteiger partial charge in [-0.1, -0.05) is 13.8 Å². The van der Waals surface area contributed by atoms with Crippen molar-refractivity contribution in [2.45, 2.75) is 24.7 Å². The van der Waals surface area contributed by atoms with E-state index in [0.29, 0.717) is 5.92 Å². The van der Waals surface area contributed by atoms with Crippen molar-refractivity contribution in [3.05, 3.63) is 24.0 Å². The fourth-order valence-electron chi connectivity index (χ4n) is 0.909. The van der Waals surface area contributed by atoms with E-state index in [-0.39, 0.29) is 0 Å². The van der Waals surface area contributed by atoms with Crippen molar-refractivity contribution in [3.63, 3.8) is 0 Å². The molecule has 3 heteroatoms. The lowest BCUT2D eigenvalue weighted by Crippen LogP contribution is -2.00. The molecule has 1 aromatic rings. The average Bonchev–Trinajstić information content (AvgIpc) is 2.04. The van der Waals surface area contributed by atoms with Gasteiger partial charge in [0.25, 0.3) is 0 Å². The smallest absolute Gasteiger partial charge is 0.170 e. The van der Waals surface area contributed by atoms with Crippen molar-refractivity contribution < 1.29 is 4.55 Å². The molecule has 12 heavy (non-hydrogen) atoms. The summed E-state index contributed by atoms with van der Waals surface area (Å²) in [5.41, 5.74) is 1.14. The predicted octanol–water partition coefficient (Wildman–Crippen LogP) is 1.94. The molecule has 0 aliphatic rings. The van der Waals surface area contributed by atoms with Gasteiger partial charge in [0, 0.05) is 6.20 Å². The first-order valence-corrected chi connectivity index (χ1v) is 5.45. The Labute approximate surface area is 76.2 Å². The van der Waals surface area contributed by atoms with Crippen LogP contribution in [0.2, 0.25) is 0 Å². The van der Waals surface area contributed by atoms with Gasteiger partial charge in [0.1, 0.15) is 6.26 Å². The van der Waals surface area contributed by atoms with Gasteiger partial charge in [-0.3, -0.25) is 4.98 Å². The largest absolute Gasteiger partial charge is 0.612 e. The number of hydrogen-bond donors (Lipinski definition) is 0. The molecule has 0 saturated heterocycles. The molecule has 1 rings (SSSR count). The van der Waals surface area contributed by atoms with E-state index in [0.717, 1.165) is 10.5 Å². The second kappa shape index (κ2) is 3.92. The summed E-state index contributed by atoms with van der Waals surface area (Å²) in [5, 5.41) is 0. The highest BCUT2D eigenvalue weighted by Crippen LogP contribution is 2.16. The number of aromatic nitrogens is 1. The Balaban J connectivity index is 2.96. The fraction of sp³-hybridized carbons (Fsp3) is 0.444. The third kappa shape index (κ3) is 2.22. The first-order valence-electron chi connectivity index (χ1n) is 3.89. The molecule has 0 fully saturated rings. The normalized spacial score (nSPS) is 13.4. The van der Waals surface area contributed by atoms with Gasteiger partial charge in [-0.05, 0) is 28.7 Å². The predicted molar refractivity (Wildman–Crippen MR) is 50.7 cm³/mol. The van der Waals surface area contributed by atoms with Crippen molar-refractivity contribution in [3.8, 4) is 0 Å². The molecule has 1 atom stereocenters. The molecule has 0 N–H and O–H groups in total. The van der Waals surface area contributed by atoms with Gasteiger partial charge in [0.15, 0.2) is 4.90 Å². The maximum atomic E-state index is 11.1. The quantitative estimate of drug-likeness (QED) is 0.657. The van der Waals surface area contributed by atoms with Crippen LogP contribution in [-0.2, 0) is 11.2 Å². The highest BCUT2D eigenvalue weighted by molar-refractivity contribution is 7.90. The topological polar surface area (TPSA) is 36.0 Å². The monoisotopic (exact) mass is 183 g/mol. The Morgan fingerprint density at radius 2 is 2.08 bits per heavy atom. The van der Waals surface area contributed by atoms with Crippen LogP contribution in [0, 0.1) is 0 Å². The molecule has 66 valence electrons. The van der Waals surface area contributed by atoms with E-state index in [1.807, 2.05) is 12.3 Å². The molecule has 0 saturated carbocycles. The summed E-state index contributed by atoms with van der Waals surface area (Å²) in [7, 11) is 0. The second-order valence-electron chi connectivity index (χ2n) is 3.06. The number of pyridine rings is 1. The number of nitrogens with zero attached hydrogens (tertiary/aromatic N) is 1. The van der Waals surface area contributed by atoms with Crippen molar-refractivity contribution in [2.75, 3.05) is 6.26 Å². The van der Waals surface area contributed by atoms with Crippen LogP contribution < -0.4 is 0 Å². The van der Waals surface area contributed by atoms with Gasteiger partial charge >= 0.3 is 0 Å². The van der Waals surface area contributed by atoms with E-state index >= 15 is 0 Å². The van der Waals surface area contributed by atoms with Crippen LogP contribution in [0.25, 0.3) is 0 Å². The van der Waals surface area contributed by atoms with Gasteiger partial charge in [0.05, 0.1) is 6.20 Å². The Kier molecular flexibility index (Phi) is 3.12. The molecule has 0 aromatic carbocycles. The van der Waals surface area contributed by atoms with E-state index in [2.05, 4.69) is 18.8 Å². The highest BCUT2D eigenvalue weighted by atomic mass is 32.2. The van der Waals surface area contributed by atoms with Crippen LogP contribution in [0.15, 0.2) is 23.4 Å². The van der Waals surface area contributed by atoms with Crippen molar-refractivity contribution in [1.29, 1.82) is 0 Å². The standard InChI is InChI=1S/C9H13NOS/c1-7(2)8-4-9(12(3)11)6-10-5-8/h4-7H,1-3H3. The molecule has 1 aromatic heterocycles. The maximum Gasteiger partial charge on any atom is 0.170 e. The fourth-order valence-corrected chi connectivity index (χ4v) is 1.42. The Hall–Kier alpha value is -0.540. The molecule has 1 unspecified atom stereocenters. The minimum atomic E-state index is -0.918. The van der Waals surface area contributed by atoms with Crippen LogP contribution in [-0.4, -0.2) is 15.8 Å². The van der Waals surface area contributed by atoms with Crippen molar-refractivity contribution in [1.82, 2.24) is 4.98 Å². The lowest BCUT2D eigenvalue weighted by molar-refractivity contribution is 0.600. The SMILES string of the molecule is CC(C)c1cncc([S+](C)[O-])c1. The number of rotatable bonds is 2. The van der Waals surface area contributed by atoms with Crippen molar-refractivity contribution >= 4 is 11.2 Å². The van der Waals surface area contributed by atoms with E-state index in [1.165, 1.54) is 0 Å². The first kappa shape index (κ1) is 9.55. The average molecular weight is 183 g/mol. The zero-order valence-corrected chi connectivity index (χ0v) is 8.39. The lowest BCUT2D eigenvalue weighted by atomic mass is 10.1. The second-order valence-corrected chi connectivity index (χ2v) is 4.44. The van der Waals surface area contributed by atoms with E-state index in [9.17, 15) is 4.55 Å². The third-order valence-corrected chi connectivity index (χ3v) is 2.62. The molecule has 0 amide bonds. The number of hydrogen-bond acceptors (Lipinski definition) is 2. The molecule has 2 nitrogen and oxygen atoms in total. The molecule has 0 aliphatic carbocycles. The van der Waals surface area contributed by atoms with Gasteiger partial charge in [-0.2, -0.15) is 0 Å². The van der Waals surface area contributed by atoms with Crippen LogP contribution in [0.5, 0.6) is 0 Å². The van der Waals surface area contributed by atoms with Crippen LogP contribution in [0.3, 0.4) is 0 Å². The molecular formula is C9H13NOS. The summed E-state index contributed by atoms with van der Waals surface area (Å²) >= 11 is -0.918. The van der Waals surface area contributed by atoms with E-state index < -0.39 is 11.2 Å². The summed E-state index contributed by atoms with van der Waals surface area (Å²) in [4.78, 5) is 4.84. The summed E-state index contributed by atoms with van der Waals surface area (Å²) in [6.07, 6.45) is 5.14. The van der Waals surface area contributed by atoms with E-state index in [1.54, 1.807) is 12.5 Å². The molecular weight excluding hydrogens is 170 g/mol. The zero-order chi connectivity index (χ0) is 9.14. The highest BCUT2D eigenvalue weighted by Gasteiger charge is 2.07. The molecule has 0 bridgehead atoms. The molecule has 0 radical (unpaired) electrons. The van der Waals surface area contributed by atoms with Crippen LogP contribution in [0.1, 0.15) is 25.3 Å². The Morgan fingerprint density at radius 1 is 1.42 bits per heavy atom. The van der Waals surface area contributed by atoms with Crippen LogP contribution >= 0.6 is 0 Å². The van der Waals surface area contributed by atoms with Gasteiger partial charge < -0.3 is 4.55 Å². The van der Waals surface area contributed by atoms with Gasteiger partial charge in [0.2, 0.25) is 0 Å². The van der Waals surface area contributed by atoms with Gasteiger partial charge in [-0.25, -0.2) is 0 Å². The maximum absolute atomic E-state index is 11.1. The van der Waals surface area contributed by atoms with E-state index in [4.69, 9.17) is 0 Å². The first-order chi connectivity index (χ1) is 5.61. The molecule has 0 aliphatic heterocycles. The minimum Gasteiger partial charge on any atom is -0.612 e. The summed E-state index contributed by atoms with van der Waals surface area (Å²) in [6, 6.07) is 1.95. The summed E-state index contributed by atoms with van der Waals surface area (Å²) in [6.45, 7) is 4.19. The van der Waals surface area contributed by atoms with Crippen LogP contribution in [0.4, 0.5) is 0 Å². The minimum absolute atomic E-state index is 0.445. The zero-order valence-electron chi connectivity index (χ0n) is 7.57. The lowest BCUT2D eigenvalue weighted by Gasteiger charge is -2.07. The summed E-state index contributed by atoms with van der Waals surface area (Å²) < 4.78 is 11.1. The molecule has 0 spiro atoms. The Morgan fingerprint density at radius 3 is 2.58 bits per heavy atom. The third-order valence-electron chi connectivity index (χ3n) is 1.73. The van der Waals surface area contributed by atoms with Gasteiger partial charge in [-0.15, -0.1) is 0 Å². The summed E-state index contributed by atoms with van der Waals surface area (Å²) in [5.74, 6) is 0.445. The Bertz CT molecular complexity index is 237.